The van der Waals surface area contributed by atoms with Crippen LogP contribution in [-0.2, 0) is 0 Å². The van der Waals surface area contributed by atoms with Gasteiger partial charge in [0.05, 0.1) is 23.7 Å². The Labute approximate surface area is 114 Å². The van der Waals surface area contributed by atoms with Crippen molar-refractivity contribution in [2.45, 2.75) is 31.8 Å². The summed E-state index contributed by atoms with van der Waals surface area (Å²) in [4.78, 5) is 10.8. The summed E-state index contributed by atoms with van der Waals surface area (Å²) >= 11 is 3.32. The van der Waals surface area contributed by atoms with Crippen LogP contribution in [0.1, 0.15) is 36.0 Å². The van der Waals surface area contributed by atoms with Crippen LogP contribution in [0.15, 0.2) is 16.6 Å². The molecule has 98 valence electrons. The fourth-order valence-electron chi connectivity index (χ4n) is 2.12. The van der Waals surface area contributed by atoms with Gasteiger partial charge in [-0.3, -0.25) is 0 Å². The number of rotatable bonds is 4. The molecule has 0 bridgehead atoms. The molecule has 0 aromatic heterocycles. The Morgan fingerprint density at radius 2 is 2.06 bits per heavy atom. The maximum absolute atomic E-state index is 10.8. The van der Waals surface area contributed by atoms with Crippen LogP contribution in [0.4, 0.5) is 0 Å². The summed E-state index contributed by atoms with van der Waals surface area (Å²) < 4.78 is 11.6. The predicted molar refractivity (Wildman–Crippen MR) is 67.9 cm³/mol. The van der Waals surface area contributed by atoms with Crippen LogP contribution in [0.2, 0.25) is 0 Å². The molecule has 0 N–H and O–H groups in total. The lowest BCUT2D eigenvalue weighted by atomic mass is 10.2. The number of benzene rings is 1. The second kappa shape index (κ2) is 5.61. The molecule has 5 heteroatoms. The highest BCUT2D eigenvalue weighted by Gasteiger charge is 2.20. The van der Waals surface area contributed by atoms with E-state index in [4.69, 9.17) is 9.47 Å². The second-order valence-corrected chi connectivity index (χ2v) is 5.16. The van der Waals surface area contributed by atoms with Gasteiger partial charge in [0.25, 0.3) is 0 Å². The van der Waals surface area contributed by atoms with E-state index in [2.05, 4.69) is 15.9 Å². The van der Waals surface area contributed by atoms with Crippen molar-refractivity contribution in [3.63, 3.8) is 0 Å². The first-order chi connectivity index (χ1) is 8.61. The van der Waals surface area contributed by atoms with E-state index in [0.717, 1.165) is 12.8 Å². The van der Waals surface area contributed by atoms with Gasteiger partial charge in [-0.15, -0.1) is 0 Å². The number of halogens is 1. The first kappa shape index (κ1) is 13.2. The summed E-state index contributed by atoms with van der Waals surface area (Å²) in [6.07, 6.45) is 4.57. The summed E-state index contributed by atoms with van der Waals surface area (Å²) in [6, 6.07) is 2.90. The molecule has 1 aliphatic rings. The number of carbonyl (C=O) groups excluding carboxylic acids is 1. The molecule has 18 heavy (non-hydrogen) atoms. The monoisotopic (exact) mass is 313 g/mol. The molecule has 1 aromatic rings. The quantitative estimate of drug-likeness (QED) is 0.854. The highest BCUT2D eigenvalue weighted by Crippen LogP contribution is 2.39. The molecule has 0 atom stereocenters. The SMILES string of the molecule is COc1cc(C(=O)[O-])cc(Br)c1OC1CCCC1. The minimum Gasteiger partial charge on any atom is -0.545 e. The number of carbonyl (C=O) groups is 1. The van der Waals surface area contributed by atoms with E-state index in [-0.39, 0.29) is 11.7 Å². The topological polar surface area (TPSA) is 58.6 Å². The van der Waals surface area contributed by atoms with E-state index in [0.29, 0.717) is 16.0 Å². The Hall–Kier alpha value is -1.23. The number of ether oxygens (including phenoxy) is 2. The largest absolute Gasteiger partial charge is 0.545 e. The fraction of sp³-hybridized carbons (Fsp3) is 0.462. The summed E-state index contributed by atoms with van der Waals surface area (Å²) in [5.41, 5.74) is 0.0671. The fourth-order valence-corrected chi connectivity index (χ4v) is 2.66. The van der Waals surface area contributed by atoms with Gasteiger partial charge in [0.1, 0.15) is 0 Å². The van der Waals surface area contributed by atoms with E-state index >= 15 is 0 Å². The van der Waals surface area contributed by atoms with Gasteiger partial charge >= 0.3 is 0 Å². The zero-order chi connectivity index (χ0) is 13.1. The zero-order valence-electron chi connectivity index (χ0n) is 10.1. The Kier molecular flexibility index (Phi) is 4.11. The molecule has 1 aromatic carbocycles. The van der Waals surface area contributed by atoms with Crippen molar-refractivity contribution < 1.29 is 19.4 Å². The van der Waals surface area contributed by atoms with Crippen molar-refractivity contribution in [2.24, 2.45) is 0 Å². The first-order valence-electron chi connectivity index (χ1n) is 5.87. The molecule has 0 aliphatic heterocycles. The molecular formula is C13H14BrO4-. The lowest BCUT2D eigenvalue weighted by Gasteiger charge is -2.18. The second-order valence-electron chi connectivity index (χ2n) is 4.30. The Morgan fingerprint density at radius 1 is 1.39 bits per heavy atom. The zero-order valence-corrected chi connectivity index (χ0v) is 11.7. The van der Waals surface area contributed by atoms with Crippen molar-refractivity contribution in [3.8, 4) is 11.5 Å². The van der Waals surface area contributed by atoms with E-state index in [1.807, 2.05) is 0 Å². The molecule has 1 aliphatic carbocycles. The molecule has 1 saturated carbocycles. The lowest BCUT2D eigenvalue weighted by molar-refractivity contribution is -0.255. The summed E-state index contributed by atoms with van der Waals surface area (Å²) in [7, 11) is 1.49. The van der Waals surface area contributed by atoms with Gasteiger partial charge < -0.3 is 19.4 Å². The van der Waals surface area contributed by atoms with Crippen LogP contribution in [0, 0.1) is 0 Å². The Morgan fingerprint density at radius 3 is 2.61 bits per heavy atom. The van der Waals surface area contributed by atoms with Crippen molar-refractivity contribution in [3.05, 3.63) is 22.2 Å². The standard InChI is InChI=1S/C13H15BrO4/c1-17-11-7-8(13(15)16)6-10(14)12(11)18-9-4-2-3-5-9/h6-7,9H,2-5H2,1H3,(H,15,16)/p-1. The number of aromatic carboxylic acids is 1. The third-order valence-corrected chi connectivity index (χ3v) is 3.64. The summed E-state index contributed by atoms with van der Waals surface area (Å²) in [5.74, 6) is -0.258. The minimum absolute atomic E-state index is 0.0671. The number of hydrogen-bond acceptors (Lipinski definition) is 4. The normalized spacial score (nSPS) is 15.7. The van der Waals surface area contributed by atoms with Gasteiger partial charge in [-0.25, -0.2) is 0 Å². The molecule has 0 radical (unpaired) electrons. The maximum atomic E-state index is 10.8. The molecule has 1 fully saturated rings. The molecule has 0 saturated heterocycles. The maximum Gasteiger partial charge on any atom is 0.175 e. The van der Waals surface area contributed by atoms with Crippen LogP contribution >= 0.6 is 15.9 Å². The van der Waals surface area contributed by atoms with Crippen LogP contribution in [0.25, 0.3) is 0 Å². The molecule has 0 spiro atoms. The van der Waals surface area contributed by atoms with Gasteiger partial charge in [-0.05, 0) is 53.7 Å². The van der Waals surface area contributed by atoms with Crippen LogP contribution < -0.4 is 14.6 Å². The highest BCUT2D eigenvalue weighted by molar-refractivity contribution is 9.10. The van der Waals surface area contributed by atoms with Crippen molar-refractivity contribution in [1.82, 2.24) is 0 Å². The number of carboxylic acids is 1. The number of hydrogen-bond donors (Lipinski definition) is 0. The molecule has 0 unspecified atom stereocenters. The molecule has 0 heterocycles. The average molecular weight is 314 g/mol. The van der Waals surface area contributed by atoms with Crippen molar-refractivity contribution in [2.75, 3.05) is 7.11 Å². The summed E-state index contributed by atoms with van der Waals surface area (Å²) in [6.45, 7) is 0. The highest BCUT2D eigenvalue weighted by atomic mass is 79.9. The van der Waals surface area contributed by atoms with E-state index < -0.39 is 5.97 Å². The van der Waals surface area contributed by atoms with Crippen molar-refractivity contribution in [1.29, 1.82) is 0 Å². The molecule has 2 rings (SSSR count). The summed E-state index contributed by atoms with van der Waals surface area (Å²) in [5, 5.41) is 10.8. The Bertz CT molecular complexity index is 453. The minimum atomic E-state index is -1.23. The number of carboxylic acid groups (broad SMARTS) is 1. The lowest BCUT2D eigenvalue weighted by Crippen LogP contribution is -2.22. The van der Waals surface area contributed by atoms with Crippen LogP contribution in [-0.4, -0.2) is 19.2 Å². The van der Waals surface area contributed by atoms with Gasteiger partial charge in [-0.1, -0.05) is 0 Å². The van der Waals surface area contributed by atoms with Crippen molar-refractivity contribution >= 4 is 21.9 Å². The van der Waals surface area contributed by atoms with Crippen LogP contribution in [0.5, 0.6) is 11.5 Å². The predicted octanol–water partition coefficient (Wildman–Crippen LogP) is 2.14. The smallest absolute Gasteiger partial charge is 0.175 e. The molecular weight excluding hydrogens is 300 g/mol. The van der Waals surface area contributed by atoms with Crippen LogP contribution in [0.3, 0.4) is 0 Å². The first-order valence-corrected chi connectivity index (χ1v) is 6.66. The van der Waals surface area contributed by atoms with Gasteiger partial charge in [0.15, 0.2) is 11.5 Å². The van der Waals surface area contributed by atoms with E-state index in [9.17, 15) is 9.90 Å². The third kappa shape index (κ3) is 2.77. The van der Waals surface area contributed by atoms with Gasteiger partial charge in [0, 0.05) is 5.56 Å². The number of methoxy groups -OCH3 is 1. The van der Waals surface area contributed by atoms with E-state index in [1.54, 1.807) is 0 Å². The van der Waals surface area contributed by atoms with E-state index in [1.165, 1.54) is 32.1 Å². The van der Waals surface area contributed by atoms with Gasteiger partial charge in [-0.2, -0.15) is 0 Å². The average Bonchev–Trinajstić information content (AvgIpc) is 2.84. The van der Waals surface area contributed by atoms with Gasteiger partial charge in [0.2, 0.25) is 0 Å². The molecule has 0 amide bonds. The molecule has 4 nitrogen and oxygen atoms in total. The Balaban J connectivity index is 2.30. The third-order valence-electron chi connectivity index (χ3n) is 3.05.